The largest absolute Gasteiger partial charge is 0.360 e. The number of aromatic nitrogens is 1. The third kappa shape index (κ3) is 1.13. The van der Waals surface area contributed by atoms with Crippen molar-refractivity contribution in [3.63, 3.8) is 0 Å². The number of fused-ring (bicyclic) bond motifs is 1. The van der Waals surface area contributed by atoms with Crippen LogP contribution in [0.1, 0.15) is 0 Å². The number of hydrogen-bond donors (Lipinski definition) is 1. The Labute approximate surface area is 76.7 Å². The highest BCUT2D eigenvalue weighted by atomic mass is 127. The second-order valence-corrected chi connectivity index (χ2v) is 3.49. The zero-order valence-corrected chi connectivity index (χ0v) is 7.72. The predicted molar refractivity (Wildman–Crippen MR) is 51.0 cm³/mol. The van der Waals surface area contributed by atoms with Crippen LogP contribution in [0.2, 0.25) is 0 Å². The predicted octanol–water partition coefficient (Wildman–Crippen LogP) is 2.91. The van der Waals surface area contributed by atoms with Crippen molar-refractivity contribution in [2.75, 3.05) is 0 Å². The van der Waals surface area contributed by atoms with Gasteiger partial charge in [0.05, 0.1) is 5.52 Å². The second kappa shape index (κ2) is 2.48. The molecule has 0 saturated carbocycles. The van der Waals surface area contributed by atoms with E-state index >= 15 is 0 Å². The van der Waals surface area contributed by atoms with E-state index in [4.69, 9.17) is 0 Å². The van der Waals surface area contributed by atoms with Crippen molar-refractivity contribution in [3.05, 3.63) is 33.8 Å². The first-order chi connectivity index (χ1) is 5.27. The summed E-state index contributed by atoms with van der Waals surface area (Å²) in [6, 6.07) is 4.90. The van der Waals surface area contributed by atoms with E-state index in [9.17, 15) is 4.39 Å². The highest BCUT2D eigenvalue weighted by Crippen LogP contribution is 2.20. The fourth-order valence-electron chi connectivity index (χ4n) is 1.09. The van der Waals surface area contributed by atoms with Gasteiger partial charge in [0.1, 0.15) is 5.82 Å². The molecule has 0 aliphatic rings. The molecule has 11 heavy (non-hydrogen) atoms. The number of H-pyrrole nitrogens is 1. The van der Waals surface area contributed by atoms with Gasteiger partial charge in [-0.15, -0.1) is 0 Å². The molecular weight excluding hydrogens is 256 g/mol. The van der Waals surface area contributed by atoms with Gasteiger partial charge in [-0.3, -0.25) is 0 Å². The van der Waals surface area contributed by atoms with Gasteiger partial charge < -0.3 is 4.98 Å². The van der Waals surface area contributed by atoms with E-state index in [1.807, 2.05) is 12.3 Å². The van der Waals surface area contributed by atoms with Crippen LogP contribution < -0.4 is 0 Å². The standard InChI is InChI=1S/C8H5FIN/c9-6-3-5-1-2-11-8(5)7(10)4-6/h1-4,11H. The summed E-state index contributed by atoms with van der Waals surface area (Å²) in [5, 5.41) is 0.925. The average molecular weight is 261 g/mol. The van der Waals surface area contributed by atoms with E-state index in [-0.39, 0.29) is 5.82 Å². The first kappa shape index (κ1) is 7.09. The molecule has 0 fully saturated rings. The van der Waals surface area contributed by atoms with Gasteiger partial charge in [0.25, 0.3) is 0 Å². The zero-order valence-electron chi connectivity index (χ0n) is 5.57. The SMILES string of the molecule is Fc1cc(I)c2[nH]ccc2c1. The lowest BCUT2D eigenvalue weighted by molar-refractivity contribution is 0.629. The summed E-state index contributed by atoms with van der Waals surface area (Å²) in [4.78, 5) is 3.04. The van der Waals surface area contributed by atoms with E-state index in [0.29, 0.717) is 0 Å². The molecule has 0 aliphatic heterocycles. The molecule has 0 bridgehead atoms. The lowest BCUT2D eigenvalue weighted by Gasteiger charge is -1.93. The van der Waals surface area contributed by atoms with Crippen LogP contribution in [0.5, 0.6) is 0 Å². The number of hydrogen-bond acceptors (Lipinski definition) is 0. The van der Waals surface area contributed by atoms with Gasteiger partial charge in [0.15, 0.2) is 0 Å². The summed E-state index contributed by atoms with van der Waals surface area (Å²) in [6.45, 7) is 0. The maximum absolute atomic E-state index is 12.8. The minimum Gasteiger partial charge on any atom is -0.360 e. The van der Waals surface area contributed by atoms with Crippen molar-refractivity contribution in [1.82, 2.24) is 4.98 Å². The molecule has 3 heteroatoms. The summed E-state index contributed by atoms with van der Waals surface area (Å²) in [6.07, 6.45) is 1.81. The smallest absolute Gasteiger partial charge is 0.125 e. The first-order valence-corrected chi connectivity index (χ1v) is 4.27. The van der Waals surface area contributed by atoms with Crippen LogP contribution in [0.25, 0.3) is 10.9 Å². The third-order valence-corrected chi connectivity index (χ3v) is 2.43. The van der Waals surface area contributed by atoms with Crippen molar-refractivity contribution in [3.8, 4) is 0 Å². The van der Waals surface area contributed by atoms with E-state index in [0.717, 1.165) is 14.5 Å². The number of benzene rings is 1. The zero-order chi connectivity index (χ0) is 7.84. The lowest BCUT2D eigenvalue weighted by atomic mass is 10.2. The van der Waals surface area contributed by atoms with E-state index in [2.05, 4.69) is 27.6 Å². The average Bonchev–Trinajstić information content (AvgIpc) is 2.34. The molecule has 56 valence electrons. The number of halogens is 2. The summed E-state index contributed by atoms with van der Waals surface area (Å²) in [5.41, 5.74) is 1.01. The van der Waals surface area contributed by atoms with Crippen LogP contribution in [-0.4, -0.2) is 4.98 Å². The molecular formula is C8H5FIN. The van der Waals surface area contributed by atoms with Crippen molar-refractivity contribution >= 4 is 33.5 Å². The Morgan fingerprint density at radius 1 is 1.36 bits per heavy atom. The lowest BCUT2D eigenvalue weighted by Crippen LogP contribution is -1.78. The first-order valence-electron chi connectivity index (χ1n) is 3.19. The molecule has 0 unspecified atom stereocenters. The van der Waals surface area contributed by atoms with Gasteiger partial charge in [-0.2, -0.15) is 0 Å². The molecule has 1 N–H and O–H groups in total. The van der Waals surface area contributed by atoms with Crippen LogP contribution >= 0.6 is 22.6 Å². The molecule has 0 spiro atoms. The second-order valence-electron chi connectivity index (χ2n) is 2.33. The molecule has 0 radical (unpaired) electrons. The van der Waals surface area contributed by atoms with Crippen molar-refractivity contribution in [2.45, 2.75) is 0 Å². The highest BCUT2D eigenvalue weighted by Gasteiger charge is 2.00. The van der Waals surface area contributed by atoms with Gasteiger partial charge in [-0.25, -0.2) is 4.39 Å². The summed E-state index contributed by atoms with van der Waals surface area (Å²) in [5.74, 6) is -0.179. The molecule has 0 saturated heterocycles. The van der Waals surface area contributed by atoms with Crippen LogP contribution in [0.3, 0.4) is 0 Å². The quantitative estimate of drug-likeness (QED) is 0.702. The molecule has 2 aromatic rings. The molecule has 0 aliphatic carbocycles. The monoisotopic (exact) mass is 261 g/mol. The van der Waals surface area contributed by atoms with E-state index < -0.39 is 0 Å². The van der Waals surface area contributed by atoms with Crippen LogP contribution in [0.15, 0.2) is 24.4 Å². The molecule has 0 amide bonds. The maximum atomic E-state index is 12.8. The minimum atomic E-state index is -0.179. The number of aromatic amines is 1. The molecule has 1 nitrogen and oxygen atoms in total. The van der Waals surface area contributed by atoms with Gasteiger partial charge in [0, 0.05) is 15.2 Å². The fourth-order valence-corrected chi connectivity index (χ4v) is 1.86. The summed E-state index contributed by atoms with van der Waals surface area (Å²) >= 11 is 2.11. The van der Waals surface area contributed by atoms with Crippen molar-refractivity contribution in [1.29, 1.82) is 0 Å². The minimum absolute atomic E-state index is 0.179. The Morgan fingerprint density at radius 3 is 3.00 bits per heavy atom. The van der Waals surface area contributed by atoms with E-state index in [1.54, 1.807) is 0 Å². The fraction of sp³-hybridized carbons (Fsp3) is 0. The van der Waals surface area contributed by atoms with Crippen molar-refractivity contribution < 1.29 is 4.39 Å². The Kier molecular flexibility index (Phi) is 1.60. The number of rotatable bonds is 0. The van der Waals surface area contributed by atoms with Crippen molar-refractivity contribution in [2.24, 2.45) is 0 Å². The number of nitrogens with one attached hydrogen (secondary N) is 1. The summed E-state index contributed by atoms with van der Waals surface area (Å²) in [7, 11) is 0. The Hall–Kier alpha value is -0.580. The topological polar surface area (TPSA) is 15.8 Å². The maximum Gasteiger partial charge on any atom is 0.125 e. The normalized spacial score (nSPS) is 10.7. The molecule has 1 heterocycles. The third-order valence-electron chi connectivity index (χ3n) is 1.58. The van der Waals surface area contributed by atoms with E-state index in [1.165, 1.54) is 12.1 Å². The Bertz CT molecular complexity index is 394. The Balaban J connectivity index is 2.91. The molecule has 2 rings (SSSR count). The van der Waals surface area contributed by atoms with Gasteiger partial charge in [-0.05, 0) is 40.8 Å². The summed E-state index contributed by atoms with van der Waals surface area (Å²) < 4.78 is 13.7. The molecule has 0 atom stereocenters. The van der Waals surface area contributed by atoms with Crippen LogP contribution in [0.4, 0.5) is 4.39 Å². The van der Waals surface area contributed by atoms with Crippen LogP contribution in [-0.2, 0) is 0 Å². The molecule has 1 aromatic carbocycles. The Morgan fingerprint density at radius 2 is 2.18 bits per heavy atom. The molecule has 1 aromatic heterocycles. The van der Waals surface area contributed by atoms with Gasteiger partial charge in [-0.1, -0.05) is 0 Å². The van der Waals surface area contributed by atoms with Gasteiger partial charge >= 0.3 is 0 Å². The highest BCUT2D eigenvalue weighted by molar-refractivity contribution is 14.1. The van der Waals surface area contributed by atoms with Gasteiger partial charge in [0.2, 0.25) is 0 Å². The van der Waals surface area contributed by atoms with Crippen LogP contribution in [0, 0.1) is 9.39 Å².